The summed E-state index contributed by atoms with van der Waals surface area (Å²) in [4.78, 5) is 35.0. The lowest BCUT2D eigenvalue weighted by atomic mass is 10.1. The number of urea groups is 1. The van der Waals surface area contributed by atoms with Gasteiger partial charge in [0.05, 0.1) is 29.4 Å². The van der Waals surface area contributed by atoms with Crippen LogP contribution < -0.4 is 20.3 Å². The number of halogens is 4. The normalized spacial score (nSPS) is 14.2. The molecule has 16 heteroatoms. The Labute approximate surface area is 258 Å². The van der Waals surface area contributed by atoms with Crippen molar-refractivity contribution in [2.24, 2.45) is 4.99 Å². The van der Waals surface area contributed by atoms with Crippen molar-refractivity contribution in [3.05, 3.63) is 89.5 Å². The largest absolute Gasteiger partial charge is 0.573 e. The molecular weight excluding hydrogens is 618 g/mol. The molecule has 1 aliphatic heterocycles. The van der Waals surface area contributed by atoms with Crippen molar-refractivity contribution in [1.29, 1.82) is 0 Å². The topological polar surface area (TPSA) is 123 Å². The summed E-state index contributed by atoms with van der Waals surface area (Å²) in [5.74, 6) is -1.04. The summed E-state index contributed by atoms with van der Waals surface area (Å²) >= 11 is 1.10. The van der Waals surface area contributed by atoms with Crippen LogP contribution in [0.4, 0.5) is 39.7 Å². The third-order valence-electron chi connectivity index (χ3n) is 6.30. The number of amidine groups is 1. The minimum Gasteiger partial charge on any atom is -0.406 e. The number of carbonyl (C=O) groups is 2. The lowest BCUT2D eigenvalue weighted by Gasteiger charge is -2.20. The Balaban J connectivity index is 1.21. The van der Waals surface area contributed by atoms with Crippen molar-refractivity contribution in [3.8, 4) is 11.4 Å². The monoisotopic (exact) mass is 643 g/mol. The molecule has 45 heavy (non-hydrogen) atoms. The van der Waals surface area contributed by atoms with Crippen LogP contribution in [0.3, 0.4) is 0 Å². The first-order valence-corrected chi connectivity index (χ1v) is 14.2. The van der Waals surface area contributed by atoms with E-state index in [-0.39, 0.29) is 47.4 Å². The van der Waals surface area contributed by atoms with Crippen molar-refractivity contribution in [3.63, 3.8) is 0 Å². The third-order valence-corrected chi connectivity index (χ3v) is 7.22. The van der Waals surface area contributed by atoms with E-state index in [4.69, 9.17) is 4.74 Å². The Kier molecular flexibility index (Phi) is 9.34. The molecule has 0 saturated carbocycles. The van der Waals surface area contributed by atoms with Gasteiger partial charge in [0.1, 0.15) is 17.9 Å². The van der Waals surface area contributed by atoms with Gasteiger partial charge in [0.2, 0.25) is 11.9 Å². The zero-order valence-electron chi connectivity index (χ0n) is 23.8. The number of thioether (sulfide) groups is 1. The number of aromatic nitrogens is 3. The van der Waals surface area contributed by atoms with E-state index < -0.39 is 18.2 Å². The molecule has 5 rings (SSSR count). The molecule has 0 unspecified atom stereocenters. The Bertz CT molecular complexity index is 1750. The van der Waals surface area contributed by atoms with E-state index in [9.17, 15) is 27.2 Å². The number of carbonyl (C=O) groups excluding carboxylic acids is 2. The fourth-order valence-electron chi connectivity index (χ4n) is 4.29. The maximum atomic E-state index is 14.9. The molecule has 1 saturated heterocycles. The van der Waals surface area contributed by atoms with Crippen LogP contribution in [0.15, 0.2) is 72.0 Å². The number of amides is 3. The summed E-state index contributed by atoms with van der Waals surface area (Å²) in [5.41, 5.74) is 3.07. The second-order valence-electron chi connectivity index (χ2n) is 9.63. The number of nitrogens with zero attached hydrogens (tertiary/aromatic N) is 5. The molecule has 234 valence electrons. The van der Waals surface area contributed by atoms with Crippen LogP contribution in [0.25, 0.3) is 5.69 Å². The number of alkyl halides is 3. The Morgan fingerprint density at radius 3 is 2.60 bits per heavy atom. The average Bonchev–Trinajstić information content (AvgIpc) is 3.60. The van der Waals surface area contributed by atoms with Crippen LogP contribution in [0.1, 0.15) is 16.7 Å². The summed E-state index contributed by atoms with van der Waals surface area (Å²) in [6.07, 6.45) is -3.43. The molecule has 4 aromatic rings. The Morgan fingerprint density at radius 2 is 1.89 bits per heavy atom. The van der Waals surface area contributed by atoms with E-state index >= 15 is 0 Å². The SMILES string of the molecule is COCc1ccc(C)cc1N1C(=O)CS/C1=N\C(=O)Nc1ccc(CNc2ncn(-c3ccc(OC(F)(F)F)cc3)n2)cc1F. The lowest BCUT2D eigenvalue weighted by molar-refractivity contribution is -0.274. The van der Waals surface area contributed by atoms with Crippen molar-refractivity contribution in [1.82, 2.24) is 14.8 Å². The summed E-state index contributed by atoms with van der Waals surface area (Å²) < 4.78 is 62.5. The predicted molar refractivity (Wildman–Crippen MR) is 160 cm³/mol. The molecule has 0 radical (unpaired) electrons. The number of nitrogens with one attached hydrogen (secondary N) is 2. The molecule has 3 aromatic carbocycles. The summed E-state index contributed by atoms with van der Waals surface area (Å²) in [6, 6.07) is 13.9. The predicted octanol–water partition coefficient (Wildman–Crippen LogP) is 6.04. The highest BCUT2D eigenvalue weighted by Crippen LogP contribution is 2.31. The van der Waals surface area contributed by atoms with Gasteiger partial charge in [0.15, 0.2) is 5.17 Å². The molecule has 11 nitrogen and oxygen atoms in total. The van der Waals surface area contributed by atoms with Crippen LogP contribution >= 0.6 is 11.8 Å². The van der Waals surface area contributed by atoms with Gasteiger partial charge in [0.25, 0.3) is 0 Å². The van der Waals surface area contributed by atoms with Crippen molar-refractivity contribution < 1.29 is 36.6 Å². The van der Waals surface area contributed by atoms with Crippen LogP contribution in [-0.2, 0) is 22.7 Å². The molecular formula is C29H25F4N7O4S. The molecule has 1 aliphatic rings. The second kappa shape index (κ2) is 13.4. The number of hydrogen-bond donors (Lipinski definition) is 2. The van der Waals surface area contributed by atoms with Crippen molar-refractivity contribution in [2.75, 3.05) is 28.4 Å². The van der Waals surface area contributed by atoms with Gasteiger partial charge in [-0.2, -0.15) is 4.99 Å². The zero-order chi connectivity index (χ0) is 32.1. The standard InChI is InChI=1S/C29H25F4N7O4S/c1-17-3-5-19(14-43-2)24(11-17)40-25(41)15-45-28(40)37-27(42)36-23-10-4-18(12-22(23)30)13-34-26-35-16-39(38-26)20-6-8-21(9-7-20)44-29(31,32)33/h3-12,16H,13-15H2,1-2H3,(H,34,38)(H,36,42)/b37-28-. The first-order valence-electron chi connectivity index (χ1n) is 13.2. The fourth-order valence-corrected chi connectivity index (χ4v) is 5.15. The molecule has 2 heterocycles. The summed E-state index contributed by atoms with van der Waals surface area (Å²) in [6.45, 7) is 2.26. The van der Waals surface area contributed by atoms with Gasteiger partial charge in [-0.15, -0.1) is 18.3 Å². The Morgan fingerprint density at radius 1 is 1.11 bits per heavy atom. The molecule has 1 fully saturated rings. The maximum Gasteiger partial charge on any atom is 0.573 e. The molecule has 0 spiro atoms. The number of anilines is 3. The minimum atomic E-state index is -4.79. The zero-order valence-corrected chi connectivity index (χ0v) is 24.6. The third kappa shape index (κ3) is 7.96. The van der Waals surface area contributed by atoms with Gasteiger partial charge in [-0.05, 0) is 60.5 Å². The highest BCUT2D eigenvalue weighted by Gasteiger charge is 2.32. The van der Waals surface area contributed by atoms with Gasteiger partial charge in [-0.1, -0.05) is 30.0 Å². The molecule has 0 aliphatic carbocycles. The smallest absolute Gasteiger partial charge is 0.406 e. The van der Waals surface area contributed by atoms with Crippen molar-refractivity contribution in [2.45, 2.75) is 26.4 Å². The molecule has 3 amide bonds. The van der Waals surface area contributed by atoms with Gasteiger partial charge in [-0.25, -0.2) is 18.9 Å². The van der Waals surface area contributed by atoms with Crippen LogP contribution in [-0.4, -0.2) is 51.1 Å². The van der Waals surface area contributed by atoms with Gasteiger partial charge in [0, 0.05) is 19.2 Å². The quantitative estimate of drug-likeness (QED) is 0.212. The highest BCUT2D eigenvalue weighted by atomic mass is 32.2. The average molecular weight is 644 g/mol. The maximum absolute atomic E-state index is 14.9. The number of ether oxygens (including phenoxy) is 2. The summed E-state index contributed by atoms with van der Waals surface area (Å²) in [7, 11) is 1.54. The fraction of sp³-hybridized carbons (Fsp3) is 0.207. The van der Waals surface area contributed by atoms with Gasteiger partial charge >= 0.3 is 12.4 Å². The molecule has 0 bridgehead atoms. The minimum absolute atomic E-state index is 0.0961. The molecule has 2 N–H and O–H groups in total. The van der Waals surface area contributed by atoms with E-state index in [1.807, 2.05) is 25.1 Å². The molecule has 0 atom stereocenters. The number of aryl methyl sites for hydroxylation is 1. The first kappa shape index (κ1) is 31.5. The first-order chi connectivity index (χ1) is 21.5. The van der Waals surface area contributed by atoms with E-state index in [0.717, 1.165) is 35.0 Å². The number of aliphatic imine (C=N–C) groups is 1. The lowest BCUT2D eigenvalue weighted by Crippen LogP contribution is -2.31. The van der Waals surface area contributed by atoms with E-state index in [1.165, 1.54) is 40.2 Å². The summed E-state index contributed by atoms with van der Waals surface area (Å²) in [5, 5.41) is 9.72. The van der Waals surface area contributed by atoms with E-state index in [0.29, 0.717) is 16.9 Å². The van der Waals surface area contributed by atoms with Crippen LogP contribution in [0.2, 0.25) is 0 Å². The highest BCUT2D eigenvalue weighted by molar-refractivity contribution is 8.15. The number of benzene rings is 3. The van der Waals surface area contributed by atoms with Crippen LogP contribution in [0.5, 0.6) is 5.75 Å². The number of hydrogen-bond acceptors (Lipinski definition) is 8. The van der Waals surface area contributed by atoms with Crippen molar-refractivity contribution >= 4 is 46.2 Å². The Hall–Kier alpha value is -4.96. The number of rotatable bonds is 9. The molecule has 1 aromatic heterocycles. The van der Waals surface area contributed by atoms with E-state index in [1.54, 1.807) is 13.2 Å². The van der Waals surface area contributed by atoms with Crippen LogP contribution in [0, 0.1) is 12.7 Å². The van der Waals surface area contributed by atoms with Gasteiger partial charge < -0.3 is 20.1 Å². The second-order valence-corrected chi connectivity index (χ2v) is 10.6. The number of methoxy groups -OCH3 is 1. The van der Waals surface area contributed by atoms with Gasteiger partial charge in [-0.3, -0.25) is 9.69 Å². The van der Waals surface area contributed by atoms with E-state index in [2.05, 4.69) is 30.4 Å².